The number of aromatic nitrogens is 3. The highest BCUT2D eigenvalue weighted by Gasteiger charge is 2.30. The highest BCUT2D eigenvalue weighted by molar-refractivity contribution is 6.05. The summed E-state index contributed by atoms with van der Waals surface area (Å²) in [6.07, 6.45) is -1.72. The lowest BCUT2D eigenvalue weighted by Crippen LogP contribution is -2.40. The highest BCUT2D eigenvalue weighted by atomic mass is 19.4. The Morgan fingerprint density at radius 2 is 1.93 bits per heavy atom. The summed E-state index contributed by atoms with van der Waals surface area (Å²) in [5.41, 5.74) is 4.93. The number of ether oxygens (including phenoxy) is 2. The molecular formula is C27H29F3N6O4. The first-order chi connectivity index (χ1) is 18.9. The molecule has 2 amide bonds. The molecule has 13 heteroatoms. The van der Waals surface area contributed by atoms with Gasteiger partial charge in [-0.2, -0.15) is 23.5 Å². The smallest absolute Gasteiger partial charge is 0.392 e. The molecule has 2 heterocycles. The van der Waals surface area contributed by atoms with Crippen LogP contribution in [0.5, 0.6) is 11.6 Å². The summed E-state index contributed by atoms with van der Waals surface area (Å²) in [4.78, 5) is 29.0. The molecule has 0 bridgehead atoms. The van der Waals surface area contributed by atoms with Gasteiger partial charge in [0, 0.05) is 23.7 Å². The Hall–Kier alpha value is -4.34. The minimum absolute atomic E-state index is 0.0955. The van der Waals surface area contributed by atoms with E-state index in [0.717, 1.165) is 0 Å². The highest BCUT2D eigenvalue weighted by Crippen LogP contribution is 2.30. The van der Waals surface area contributed by atoms with Crippen molar-refractivity contribution in [3.05, 3.63) is 47.8 Å². The number of nitrogens with zero attached hydrogens (tertiary/aromatic N) is 4. The predicted octanol–water partition coefficient (Wildman–Crippen LogP) is 4.24. The van der Waals surface area contributed by atoms with Crippen LogP contribution >= 0.6 is 0 Å². The standard InChI is InChI=1S/C27H29F3N6O4/c1-26(2,15-31)36-21-14-18(39-13-11-27(28,29)30)9-10-19(21)22(35-36)24(38)34-16-5-7-17(8-6-16)40-25-20(23(32)37)4-3-12-33-25/h3-4,9-10,12,14,16-17H,5-8,11,13H2,1-2H3,(H2,32,37)(H,34,38)/t16-,17-. The summed E-state index contributed by atoms with van der Waals surface area (Å²) >= 11 is 0. The van der Waals surface area contributed by atoms with Gasteiger partial charge in [0.2, 0.25) is 5.88 Å². The summed E-state index contributed by atoms with van der Waals surface area (Å²) < 4.78 is 50.1. The average molecular weight is 559 g/mol. The third-order valence-electron chi connectivity index (χ3n) is 6.65. The number of fused-ring (bicyclic) bond motifs is 1. The van der Waals surface area contributed by atoms with Gasteiger partial charge in [0.25, 0.3) is 11.8 Å². The molecule has 1 aromatic carbocycles. The van der Waals surface area contributed by atoms with Gasteiger partial charge in [0.05, 0.1) is 24.6 Å². The van der Waals surface area contributed by atoms with Crippen LogP contribution in [-0.4, -0.2) is 51.5 Å². The van der Waals surface area contributed by atoms with Crippen molar-refractivity contribution in [2.75, 3.05) is 6.61 Å². The van der Waals surface area contributed by atoms with Crippen LogP contribution in [0.2, 0.25) is 0 Å². The molecule has 1 fully saturated rings. The lowest BCUT2D eigenvalue weighted by Gasteiger charge is -2.29. The molecule has 40 heavy (non-hydrogen) atoms. The number of carbonyl (C=O) groups excluding carboxylic acids is 2. The number of rotatable bonds is 9. The van der Waals surface area contributed by atoms with Crippen LogP contribution in [0.15, 0.2) is 36.5 Å². The van der Waals surface area contributed by atoms with Gasteiger partial charge >= 0.3 is 6.18 Å². The second kappa shape index (κ2) is 11.4. The molecule has 1 aliphatic carbocycles. The van der Waals surface area contributed by atoms with E-state index >= 15 is 0 Å². The van der Waals surface area contributed by atoms with Gasteiger partial charge in [0.1, 0.15) is 23.0 Å². The normalized spacial score (nSPS) is 17.7. The summed E-state index contributed by atoms with van der Waals surface area (Å²) in [6, 6.07) is 9.62. The Bertz CT molecular complexity index is 1440. The van der Waals surface area contributed by atoms with Crippen molar-refractivity contribution in [3.63, 3.8) is 0 Å². The average Bonchev–Trinajstić information content (AvgIpc) is 3.29. The Balaban J connectivity index is 1.46. The summed E-state index contributed by atoms with van der Waals surface area (Å²) in [5.74, 6) is -0.714. The predicted molar refractivity (Wildman–Crippen MR) is 138 cm³/mol. The summed E-state index contributed by atoms with van der Waals surface area (Å²) in [7, 11) is 0. The van der Waals surface area contributed by atoms with Gasteiger partial charge in [-0.1, -0.05) is 0 Å². The largest absolute Gasteiger partial charge is 0.493 e. The van der Waals surface area contributed by atoms with Crippen molar-refractivity contribution < 1.29 is 32.2 Å². The third-order valence-corrected chi connectivity index (χ3v) is 6.65. The number of primary amides is 1. The molecular weight excluding hydrogens is 529 g/mol. The molecule has 0 radical (unpaired) electrons. The minimum Gasteiger partial charge on any atom is -0.493 e. The van der Waals surface area contributed by atoms with E-state index < -0.39 is 36.6 Å². The molecule has 1 aliphatic rings. The van der Waals surface area contributed by atoms with Crippen LogP contribution < -0.4 is 20.5 Å². The zero-order chi connectivity index (χ0) is 29.1. The van der Waals surface area contributed by atoms with Gasteiger partial charge in [-0.05, 0) is 63.8 Å². The number of hydrogen-bond donors (Lipinski definition) is 2. The lowest BCUT2D eigenvalue weighted by molar-refractivity contribution is -0.139. The molecule has 212 valence electrons. The Morgan fingerprint density at radius 1 is 1.20 bits per heavy atom. The fraction of sp³-hybridized carbons (Fsp3) is 0.444. The van der Waals surface area contributed by atoms with E-state index in [1.54, 1.807) is 32.0 Å². The number of hydrogen-bond acceptors (Lipinski definition) is 7. The van der Waals surface area contributed by atoms with E-state index in [4.69, 9.17) is 15.2 Å². The van der Waals surface area contributed by atoms with E-state index in [2.05, 4.69) is 21.5 Å². The molecule has 0 unspecified atom stereocenters. The Labute approximate surface area is 228 Å². The van der Waals surface area contributed by atoms with Crippen LogP contribution in [-0.2, 0) is 5.54 Å². The number of nitriles is 1. The van der Waals surface area contributed by atoms with Gasteiger partial charge in [-0.15, -0.1) is 0 Å². The maximum absolute atomic E-state index is 13.3. The fourth-order valence-electron chi connectivity index (χ4n) is 4.52. The fourth-order valence-corrected chi connectivity index (χ4v) is 4.52. The van der Waals surface area contributed by atoms with Crippen molar-refractivity contribution in [3.8, 4) is 17.7 Å². The number of carbonyl (C=O) groups is 2. The molecule has 2 aromatic heterocycles. The zero-order valence-electron chi connectivity index (χ0n) is 22.0. The van der Waals surface area contributed by atoms with Crippen LogP contribution in [0.1, 0.15) is 66.8 Å². The summed E-state index contributed by atoms with van der Waals surface area (Å²) in [6.45, 7) is 2.67. The Morgan fingerprint density at radius 3 is 2.58 bits per heavy atom. The molecule has 4 rings (SSSR count). The van der Waals surface area contributed by atoms with Gasteiger partial charge < -0.3 is 20.5 Å². The van der Waals surface area contributed by atoms with Crippen LogP contribution in [0.4, 0.5) is 13.2 Å². The first-order valence-electron chi connectivity index (χ1n) is 12.7. The number of benzene rings is 1. The zero-order valence-corrected chi connectivity index (χ0v) is 22.0. The molecule has 0 atom stereocenters. The van der Waals surface area contributed by atoms with Crippen LogP contribution in [0, 0.1) is 11.3 Å². The van der Waals surface area contributed by atoms with E-state index in [9.17, 15) is 28.0 Å². The van der Waals surface area contributed by atoms with E-state index in [0.29, 0.717) is 36.6 Å². The molecule has 0 saturated heterocycles. The van der Waals surface area contributed by atoms with Crippen LogP contribution in [0.3, 0.4) is 0 Å². The number of pyridine rings is 1. The number of amides is 2. The molecule has 3 N–H and O–H groups in total. The minimum atomic E-state index is -4.35. The van der Waals surface area contributed by atoms with E-state index in [1.807, 2.05) is 0 Å². The van der Waals surface area contributed by atoms with Gasteiger partial charge in [-0.25, -0.2) is 9.67 Å². The van der Waals surface area contributed by atoms with Crippen LogP contribution in [0.25, 0.3) is 10.9 Å². The van der Waals surface area contributed by atoms with E-state index in [1.165, 1.54) is 23.0 Å². The van der Waals surface area contributed by atoms with Crippen molar-refractivity contribution in [2.24, 2.45) is 5.73 Å². The number of nitrogens with one attached hydrogen (secondary N) is 1. The topological polar surface area (TPSA) is 145 Å². The van der Waals surface area contributed by atoms with Gasteiger partial charge in [-0.3, -0.25) is 9.59 Å². The molecule has 0 aliphatic heterocycles. The summed E-state index contributed by atoms with van der Waals surface area (Å²) in [5, 5.41) is 17.5. The van der Waals surface area contributed by atoms with Crippen molar-refractivity contribution >= 4 is 22.7 Å². The van der Waals surface area contributed by atoms with Gasteiger partial charge in [0.15, 0.2) is 5.69 Å². The number of nitrogens with two attached hydrogens (primary N) is 1. The van der Waals surface area contributed by atoms with Crippen molar-refractivity contribution in [1.29, 1.82) is 5.26 Å². The monoisotopic (exact) mass is 558 g/mol. The quantitative estimate of drug-likeness (QED) is 0.400. The first kappa shape index (κ1) is 28.7. The molecule has 3 aromatic rings. The molecule has 1 saturated carbocycles. The lowest BCUT2D eigenvalue weighted by atomic mass is 9.92. The van der Waals surface area contributed by atoms with E-state index in [-0.39, 0.29) is 35.0 Å². The third kappa shape index (κ3) is 6.62. The van der Waals surface area contributed by atoms with Crippen molar-refractivity contribution in [2.45, 2.75) is 69.8 Å². The maximum Gasteiger partial charge on any atom is 0.392 e. The second-order valence-corrected chi connectivity index (χ2v) is 10.1. The Kier molecular flexibility index (Phi) is 8.18. The number of halogens is 3. The molecule has 0 spiro atoms. The first-order valence-corrected chi connectivity index (χ1v) is 12.7. The SMILES string of the molecule is CC(C)(C#N)n1nc(C(=O)N[C@H]2CC[C@H](Oc3ncccc3C(N)=O)CC2)c2ccc(OCCC(F)(F)F)cc21. The molecule has 10 nitrogen and oxygen atoms in total. The second-order valence-electron chi connectivity index (χ2n) is 10.1. The maximum atomic E-state index is 13.3. The number of alkyl halides is 3. The van der Waals surface area contributed by atoms with Crippen molar-refractivity contribution in [1.82, 2.24) is 20.1 Å².